The number of nitrogens with one attached hydrogen (secondary N) is 1. The van der Waals surface area contributed by atoms with Crippen LogP contribution in [0.1, 0.15) is 19.8 Å². The number of sulfone groups is 1. The van der Waals surface area contributed by atoms with Gasteiger partial charge in [-0.25, -0.2) is 8.42 Å². The minimum atomic E-state index is -3.06. The van der Waals surface area contributed by atoms with Crippen molar-refractivity contribution in [3.05, 3.63) is 0 Å². The van der Waals surface area contributed by atoms with E-state index in [0.29, 0.717) is 12.8 Å². The second-order valence-corrected chi connectivity index (χ2v) is 6.52. The fraction of sp³-hybridized carbons (Fsp3) is 0.778. The number of rotatable bonds is 4. The molecule has 8 heteroatoms. The van der Waals surface area contributed by atoms with Crippen molar-refractivity contribution in [1.29, 1.82) is 0 Å². The number of nitrogens with two attached hydrogens (primary N) is 1. The van der Waals surface area contributed by atoms with Crippen molar-refractivity contribution in [2.45, 2.75) is 25.0 Å². The lowest BCUT2D eigenvalue weighted by atomic mass is 10.1. The molecule has 1 aliphatic rings. The molecule has 1 amide bonds. The maximum absolute atomic E-state index is 11.5. The Labute approximate surface area is 100.0 Å². The molecule has 17 heavy (non-hydrogen) atoms. The Balaban J connectivity index is 2.49. The first-order valence-electron chi connectivity index (χ1n) is 5.35. The predicted octanol–water partition coefficient (Wildman–Crippen LogP) is -0.938. The molecule has 0 bridgehead atoms. The number of oxime groups is 1. The number of carbonyl (C=O) groups excluding carboxylic acids is 1. The van der Waals surface area contributed by atoms with Crippen molar-refractivity contribution in [2.75, 3.05) is 12.3 Å². The Kier molecular flexibility index (Phi) is 4.33. The van der Waals surface area contributed by atoms with Gasteiger partial charge in [-0.15, -0.1) is 0 Å². The summed E-state index contributed by atoms with van der Waals surface area (Å²) in [4.78, 5) is 11.5. The van der Waals surface area contributed by atoms with E-state index in [9.17, 15) is 13.2 Å². The zero-order valence-corrected chi connectivity index (χ0v) is 10.4. The summed E-state index contributed by atoms with van der Waals surface area (Å²) in [6.45, 7) is 1.57. The third kappa shape index (κ3) is 3.32. The maximum atomic E-state index is 11.5. The molecule has 1 saturated heterocycles. The summed E-state index contributed by atoms with van der Waals surface area (Å²) in [5.74, 6) is -1.23. The fourth-order valence-corrected chi connectivity index (χ4v) is 3.44. The smallest absolute Gasteiger partial charge is 0.230 e. The molecular weight excluding hydrogens is 246 g/mol. The average Bonchev–Trinajstić information content (AvgIpc) is 2.63. The Morgan fingerprint density at radius 3 is 2.76 bits per heavy atom. The van der Waals surface area contributed by atoms with Gasteiger partial charge in [0.15, 0.2) is 15.7 Å². The number of hydrogen-bond donors (Lipinski definition) is 3. The van der Waals surface area contributed by atoms with Crippen LogP contribution in [0.5, 0.6) is 0 Å². The van der Waals surface area contributed by atoms with Crippen molar-refractivity contribution in [2.24, 2.45) is 16.8 Å². The molecule has 0 spiro atoms. The first-order chi connectivity index (χ1) is 7.88. The van der Waals surface area contributed by atoms with Crippen molar-refractivity contribution in [3.63, 3.8) is 0 Å². The van der Waals surface area contributed by atoms with Crippen LogP contribution in [-0.2, 0) is 14.6 Å². The van der Waals surface area contributed by atoms with Crippen LogP contribution in [0.2, 0.25) is 0 Å². The number of hydrogen-bond acceptors (Lipinski definition) is 5. The topological polar surface area (TPSA) is 122 Å². The van der Waals surface area contributed by atoms with Crippen molar-refractivity contribution in [3.8, 4) is 0 Å². The van der Waals surface area contributed by atoms with E-state index in [-0.39, 0.29) is 18.1 Å². The fourth-order valence-electron chi connectivity index (χ4n) is 1.68. The monoisotopic (exact) mass is 263 g/mol. The molecule has 0 radical (unpaired) electrons. The first-order valence-corrected chi connectivity index (χ1v) is 7.06. The molecule has 1 rings (SSSR count). The Morgan fingerprint density at radius 1 is 1.65 bits per heavy atom. The number of amidine groups is 1. The minimum absolute atomic E-state index is 0.0875. The van der Waals surface area contributed by atoms with Crippen molar-refractivity contribution >= 4 is 21.6 Å². The van der Waals surface area contributed by atoms with Gasteiger partial charge in [-0.3, -0.25) is 4.79 Å². The highest BCUT2D eigenvalue weighted by Crippen LogP contribution is 2.19. The van der Waals surface area contributed by atoms with E-state index in [1.165, 1.54) is 6.92 Å². The third-order valence-corrected chi connectivity index (χ3v) is 5.20. The van der Waals surface area contributed by atoms with Gasteiger partial charge in [0.05, 0.1) is 16.9 Å². The lowest BCUT2D eigenvalue weighted by Crippen LogP contribution is -2.41. The molecule has 1 heterocycles. The molecule has 0 saturated carbocycles. The molecule has 98 valence electrons. The zero-order valence-electron chi connectivity index (χ0n) is 9.59. The molecule has 0 aromatic carbocycles. The third-order valence-electron chi connectivity index (χ3n) is 2.92. The van der Waals surface area contributed by atoms with Crippen molar-refractivity contribution in [1.82, 2.24) is 5.32 Å². The summed E-state index contributed by atoms with van der Waals surface area (Å²) in [6, 6.07) is 0. The largest absolute Gasteiger partial charge is 0.409 e. The molecule has 1 fully saturated rings. The molecule has 7 nitrogen and oxygen atoms in total. The second kappa shape index (κ2) is 5.35. The van der Waals surface area contributed by atoms with E-state index >= 15 is 0 Å². The Hall–Kier alpha value is -1.31. The first kappa shape index (κ1) is 13.8. The lowest BCUT2D eigenvalue weighted by molar-refractivity contribution is -0.122. The van der Waals surface area contributed by atoms with Crippen LogP contribution in [0, 0.1) is 5.92 Å². The predicted molar refractivity (Wildman–Crippen MR) is 62.4 cm³/mol. The van der Waals surface area contributed by atoms with Crippen LogP contribution < -0.4 is 11.1 Å². The van der Waals surface area contributed by atoms with Crippen LogP contribution in [0.25, 0.3) is 0 Å². The molecule has 4 N–H and O–H groups in total. The summed E-state index contributed by atoms with van der Waals surface area (Å²) in [5.41, 5.74) is 5.28. The summed E-state index contributed by atoms with van der Waals surface area (Å²) in [6.07, 6.45) is 1.21. The van der Waals surface area contributed by atoms with Crippen LogP contribution in [0.3, 0.4) is 0 Å². The van der Waals surface area contributed by atoms with Gasteiger partial charge in [0.25, 0.3) is 0 Å². The van der Waals surface area contributed by atoms with E-state index < -0.39 is 26.9 Å². The number of nitrogens with zero attached hydrogens (tertiary/aromatic N) is 1. The Bertz CT molecular complexity index is 418. The highest BCUT2D eigenvalue weighted by molar-refractivity contribution is 7.92. The van der Waals surface area contributed by atoms with E-state index in [0.717, 1.165) is 0 Å². The molecule has 2 unspecified atom stereocenters. The van der Waals surface area contributed by atoms with Crippen LogP contribution in [0.4, 0.5) is 0 Å². The van der Waals surface area contributed by atoms with E-state index in [1.54, 1.807) is 0 Å². The number of carbonyl (C=O) groups is 1. The molecular formula is C9H17N3O4S. The molecule has 2 atom stereocenters. The van der Waals surface area contributed by atoms with Crippen LogP contribution in [0.15, 0.2) is 5.16 Å². The Morgan fingerprint density at radius 2 is 2.29 bits per heavy atom. The summed E-state index contributed by atoms with van der Waals surface area (Å²) in [5, 5.41) is 13.1. The molecule has 0 aromatic rings. The second-order valence-electron chi connectivity index (χ2n) is 4.12. The van der Waals surface area contributed by atoms with Crippen LogP contribution in [-0.4, -0.2) is 42.9 Å². The maximum Gasteiger partial charge on any atom is 0.230 e. The van der Waals surface area contributed by atoms with Gasteiger partial charge in [0.2, 0.25) is 5.91 Å². The van der Waals surface area contributed by atoms with Gasteiger partial charge >= 0.3 is 0 Å². The summed E-state index contributed by atoms with van der Waals surface area (Å²) >= 11 is 0. The number of amides is 1. The summed E-state index contributed by atoms with van der Waals surface area (Å²) < 4.78 is 23.0. The lowest BCUT2D eigenvalue weighted by Gasteiger charge is -2.13. The normalized spacial score (nSPS) is 25.5. The molecule has 1 aliphatic heterocycles. The van der Waals surface area contributed by atoms with Gasteiger partial charge in [-0.05, 0) is 19.8 Å². The highest BCUT2D eigenvalue weighted by Gasteiger charge is 2.31. The van der Waals surface area contributed by atoms with Gasteiger partial charge in [0.1, 0.15) is 0 Å². The van der Waals surface area contributed by atoms with Crippen LogP contribution >= 0.6 is 0 Å². The SMILES string of the molecule is CC(C(=O)NCC1CCCS1(=O)=O)C(N)=NO. The average molecular weight is 263 g/mol. The molecule has 0 aliphatic carbocycles. The van der Waals surface area contributed by atoms with Gasteiger partial charge in [0, 0.05) is 6.54 Å². The van der Waals surface area contributed by atoms with E-state index in [2.05, 4.69) is 10.5 Å². The van der Waals surface area contributed by atoms with Gasteiger partial charge < -0.3 is 16.3 Å². The quantitative estimate of drug-likeness (QED) is 0.261. The van der Waals surface area contributed by atoms with E-state index in [4.69, 9.17) is 10.9 Å². The zero-order chi connectivity index (χ0) is 13.1. The highest BCUT2D eigenvalue weighted by atomic mass is 32.2. The standard InChI is InChI=1S/C9H17N3O4S/c1-6(8(10)12-14)9(13)11-5-7-3-2-4-17(7,15)16/h6-7,14H,2-5H2,1H3,(H2,10,12)(H,11,13). The van der Waals surface area contributed by atoms with Gasteiger partial charge in [-0.2, -0.15) is 0 Å². The molecule has 0 aromatic heterocycles. The van der Waals surface area contributed by atoms with E-state index in [1.807, 2.05) is 0 Å². The van der Waals surface area contributed by atoms with Crippen molar-refractivity contribution < 1.29 is 18.4 Å². The van der Waals surface area contributed by atoms with Gasteiger partial charge in [-0.1, -0.05) is 5.16 Å². The minimum Gasteiger partial charge on any atom is -0.409 e. The summed E-state index contributed by atoms with van der Waals surface area (Å²) in [7, 11) is -3.06.